The molecule has 25 heavy (non-hydrogen) atoms. The van der Waals surface area contributed by atoms with Gasteiger partial charge in [0.25, 0.3) is 0 Å². The van der Waals surface area contributed by atoms with Crippen LogP contribution in [0.5, 0.6) is 5.75 Å². The van der Waals surface area contributed by atoms with Crippen LogP contribution in [0.3, 0.4) is 0 Å². The summed E-state index contributed by atoms with van der Waals surface area (Å²) in [4.78, 5) is 0. The van der Waals surface area contributed by atoms with Gasteiger partial charge in [-0.15, -0.1) is 0 Å². The minimum absolute atomic E-state index is 0.171. The minimum Gasteiger partial charge on any atom is -0.488 e. The highest BCUT2D eigenvalue weighted by molar-refractivity contribution is 5.58. The Balaban J connectivity index is 1.33. The van der Waals surface area contributed by atoms with Crippen LogP contribution in [-0.2, 0) is 11.3 Å². The fourth-order valence-electron chi connectivity index (χ4n) is 2.78. The number of rotatable bonds is 6. The van der Waals surface area contributed by atoms with Gasteiger partial charge in [0.05, 0.1) is 19.8 Å². The number of nitrogens with one attached hydrogen (secondary N) is 1. The zero-order chi connectivity index (χ0) is 16.9. The van der Waals surface area contributed by atoms with E-state index >= 15 is 0 Å². The van der Waals surface area contributed by atoms with Gasteiger partial charge in [0, 0.05) is 23.7 Å². The van der Waals surface area contributed by atoms with Gasteiger partial charge < -0.3 is 19.3 Å². The fourth-order valence-corrected chi connectivity index (χ4v) is 2.78. The molecule has 5 heteroatoms. The number of benzene rings is 2. The first kappa shape index (κ1) is 15.7. The highest BCUT2D eigenvalue weighted by Gasteiger charge is 2.16. The Morgan fingerprint density at radius 3 is 2.68 bits per heavy atom. The molecule has 1 N–H and O–H groups in total. The van der Waals surface area contributed by atoms with Crippen LogP contribution in [0.2, 0.25) is 0 Å². The van der Waals surface area contributed by atoms with Crippen LogP contribution in [0, 0.1) is 0 Å². The van der Waals surface area contributed by atoms with E-state index < -0.39 is 0 Å². The molecule has 0 unspecified atom stereocenters. The summed E-state index contributed by atoms with van der Waals surface area (Å²) < 4.78 is 16.6. The van der Waals surface area contributed by atoms with E-state index in [2.05, 4.69) is 10.5 Å². The van der Waals surface area contributed by atoms with Crippen molar-refractivity contribution in [3.8, 4) is 17.0 Å². The summed E-state index contributed by atoms with van der Waals surface area (Å²) in [6, 6.07) is 19.9. The molecule has 1 aliphatic rings. The van der Waals surface area contributed by atoms with Gasteiger partial charge in [0.1, 0.15) is 17.5 Å². The van der Waals surface area contributed by atoms with Crippen molar-refractivity contribution in [2.24, 2.45) is 0 Å². The van der Waals surface area contributed by atoms with Crippen molar-refractivity contribution in [2.75, 3.05) is 18.5 Å². The van der Waals surface area contributed by atoms with Gasteiger partial charge in [-0.1, -0.05) is 35.5 Å². The molecule has 2 aromatic carbocycles. The fraction of sp³-hybridized carbons (Fsp3) is 0.250. The van der Waals surface area contributed by atoms with Crippen molar-refractivity contribution >= 4 is 5.69 Å². The average molecular weight is 336 g/mol. The molecule has 1 fully saturated rings. The van der Waals surface area contributed by atoms with Crippen molar-refractivity contribution in [1.82, 2.24) is 5.16 Å². The number of hydrogen-bond donors (Lipinski definition) is 1. The van der Waals surface area contributed by atoms with E-state index in [1.54, 1.807) is 0 Å². The maximum absolute atomic E-state index is 5.86. The first-order chi connectivity index (χ1) is 12.4. The van der Waals surface area contributed by atoms with E-state index in [4.69, 9.17) is 14.0 Å². The van der Waals surface area contributed by atoms with Crippen LogP contribution < -0.4 is 10.1 Å². The number of hydrogen-bond acceptors (Lipinski definition) is 5. The molecule has 0 radical (unpaired) electrons. The largest absolute Gasteiger partial charge is 0.488 e. The van der Waals surface area contributed by atoms with Gasteiger partial charge in [0.2, 0.25) is 0 Å². The minimum atomic E-state index is 0.171. The number of anilines is 1. The number of ether oxygens (including phenoxy) is 2. The molecule has 1 atom stereocenters. The lowest BCUT2D eigenvalue weighted by molar-refractivity contribution is 0.141. The molecule has 2 heterocycles. The second-order valence-electron chi connectivity index (χ2n) is 6.03. The summed E-state index contributed by atoms with van der Waals surface area (Å²) in [6.45, 7) is 2.04. The van der Waals surface area contributed by atoms with Crippen molar-refractivity contribution < 1.29 is 14.0 Å². The number of aromatic nitrogens is 1. The maximum Gasteiger partial charge on any atom is 0.156 e. The van der Waals surface area contributed by atoms with Crippen LogP contribution in [0.15, 0.2) is 65.2 Å². The molecule has 5 nitrogen and oxygen atoms in total. The summed E-state index contributed by atoms with van der Waals surface area (Å²) in [7, 11) is 0. The Hall–Kier alpha value is -2.79. The molecule has 0 amide bonds. The van der Waals surface area contributed by atoms with Crippen molar-refractivity contribution in [3.63, 3.8) is 0 Å². The average Bonchev–Trinajstić information content (AvgIpc) is 3.34. The molecule has 0 aliphatic carbocycles. The Morgan fingerprint density at radius 2 is 1.92 bits per heavy atom. The Kier molecular flexibility index (Phi) is 4.65. The first-order valence-electron chi connectivity index (χ1n) is 8.46. The predicted molar refractivity (Wildman–Crippen MR) is 95.6 cm³/mol. The summed E-state index contributed by atoms with van der Waals surface area (Å²) in [5, 5.41) is 7.46. The van der Waals surface area contributed by atoms with E-state index in [-0.39, 0.29) is 6.10 Å². The van der Waals surface area contributed by atoms with Crippen molar-refractivity contribution in [2.45, 2.75) is 19.1 Å². The van der Waals surface area contributed by atoms with Gasteiger partial charge in [-0.3, -0.25) is 0 Å². The topological polar surface area (TPSA) is 56.5 Å². The lowest BCUT2D eigenvalue weighted by Crippen LogP contribution is -2.15. The van der Waals surface area contributed by atoms with E-state index in [1.165, 1.54) is 0 Å². The lowest BCUT2D eigenvalue weighted by Gasteiger charge is -2.12. The Labute approximate surface area is 146 Å². The van der Waals surface area contributed by atoms with Gasteiger partial charge in [-0.2, -0.15) is 0 Å². The monoisotopic (exact) mass is 336 g/mol. The lowest BCUT2D eigenvalue weighted by atomic mass is 10.1. The summed E-state index contributed by atoms with van der Waals surface area (Å²) >= 11 is 0. The van der Waals surface area contributed by atoms with Crippen molar-refractivity contribution in [3.05, 3.63) is 66.4 Å². The van der Waals surface area contributed by atoms with E-state index in [1.807, 2.05) is 60.7 Å². The molecule has 1 aliphatic heterocycles. The third kappa shape index (κ3) is 4.00. The highest BCUT2D eigenvalue weighted by Crippen LogP contribution is 2.21. The molecule has 1 saturated heterocycles. The number of nitrogens with zero attached hydrogens (tertiary/aromatic N) is 1. The van der Waals surface area contributed by atoms with Gasteiger partial charge in [0.15, 0.2) is 5.76 Å². The Bertz CT molecular complexity index is 793. The Morgan fingerprint density at radius 1 is 1.08 bits per heavy atom. The molecule has 0 bridgehead atoms. The highest BCUT2D eigenvalue weighted by atomic mass is 16.5. The zero-order valence-electron chi connectivity index (χ0n) is 13.9. The summed E-state index contributed by atoms with van der Waals surface area (Å²) in [6.07, 6.45) is 1.12. The molecule has 128 valence electrons. The smallest absolute Gasteiger partial charge is 0.156 e. The SMILES string of the molecule is c1ccc(-c2cc(CNc3ccc(O[C@H]4CCOC4)cc3)on2)cc1. The zero-order valence-corrected chi connectivity index (χ0v) is 13.9. The molecular formula is C20H20N2O3. The molecule has 4 rings (SSSR count). The van der Waals surface area contributed by atoms with Gasteiger partial charge >= 0.3 is 0 Å². The van der Waals surface area contributed by atoms with E-state index in [9.17, 15) is 0 Å². The van der Waals surface area contributed by atoms with E-state index in [0.29, 0.717) is 13.2 Å². The second kappa shape index (κ2) is 7.40. The second-order valence-corrected chi connectivity index (χ2v) is 6.03. The van der Waals surface area contributed by atoms with Gasteiger partial charge in [-0.25, -0.2) is 0 Å². The van der Waals surface area contributed by atoms with Crippen molar-refractivity contribution in [1.29, 1.82) is 0 Å². The maximum atomic E-state index is 5.86. The standard InChI is InChI=1S/C20H20N2O3/c1-2-4-15(5-3-1)20-12-19(25-22-20)13-21-16-6-8-17(9-7-16)24-18-10-11-23-14-18/h1-9,12,18,21H,10-11,13-14H2/t18-/m0/s1. The van der Waals surface area contributed by atoms with Crippen LogP contribution in [0.4, 0.5) is 5.69 Å². The van der Waals surface area contributed by atoms with Crippen LogP contribution >= 0.6 is 0 Å². The molecule has 1 aromatic heterocycles. The third-order valence-electron chi connectivity index (χ3n) is 4.14. The summed E-state index contributed by atoms with van der Waals surface area (Å²) in [5.41, 5.74) is 2.91. The van der Waals surface area contributed by atoms with E-state index in [0.717, 1.165) is 41.5 Å². The third-order valence-corrected chi connectivity index (χ3v) is 4.14. The first-order valence-corrected chi connectivity index (χ1v) is 8.46. The van der Waals surface area contributed by atoms with Crippen LogP contribution in [0.25, 0.3) is 11.3 Å². The van der Waals surface area contributed by atoms with Crippen LogP contribution in [0.1, 0.15) is 12.2 Å². The predicted octanol–water partition coefficient (Wildman–Crippen LogP) is 4.12. The summed E-state index contributed by atoms with van der Waals surface area (Å²) in [5.74, 6) is 1.66. The van der Waals surface area contributed by atoms with Crippen LogP contribution in [-0.4, -0.2) is 24.5 Å². The normalized spacial score (nSPS) is 16.7. The molecule has 0 spiro atoms. The molecule has 3 aromatic rings. The molecular weight excluding hydrogens is 316 g/mol. The molecule has 0 saturated carbocycles. The quantitative estimate of drug-likeness (QED) is 0.734. The van der Waals surface area contributed by atoms with Gasteiger partial charge in [-0.05, 0) is 24.3 Å².